The van der Waals surface area contributed by atoms with Crippen molar-refractivity contribution in [2.45, 2.75) is 194 Å². The van der Waals surface area contributed by atoms with E-state index < -0.39 is 0 Å². The van der Waals surface area contributed by atoms with Gasteiger partial charge in [0, 0.05) is 49.3 Å². The summed E-state index contributed by atoms with van der Waals surface area (Å²) in [5, 5.41) is 13.2. The summed E-state index contributed by atoms with van der Waals surface area (Å²) in [6.07, 6.45) is 8.15. The molecule has 0 saturated heterocycles. The zero-order valence-electron chi connectivity index (χ0n) is 61.3. The average molecular weight is 1290 g/mol. The molecule has 0 unspecified atom stereocenters. The van der Waals surface area contributed by atoms with Crippen molar-refractivity contribution in [1.82, 2.24) is 9.13 Å². The van der Waals surface area contributed by atoms with E-state index in [4.69, 9.17) is 0 Å². The molecule has 19 rings (SSSR count). The molecule has 0 fully saturated rings. The minimum absolute atomic E-state index is 0.00136. The first kappa shape index (κ1) is 61.2. The fraction of sp³-hybridized carbons (Fsp3) is 0.312. The number of nitrogens with zero attached hydrogens (tertiary/aromatic N) is 2. The van der Waals surface area contributed by atoms with Crippen LogP contribution in [-0.4, -0.2) is 15.8 Å². The zero-order valence-corrected chi connectivity index (χ0v) is 61.3. The number of rotatable bonds is 4. The van der Waals surface area contributed by atoms with Crippen LogP contribution in [-0.2, 0) is 44.3 Å². The predicted molar refractivity (Wildman–Crippen MR) is 428 cm³/mol. The molecule has 0 bridgehead atoms. The van der Waals surface area contributed by atoms with Gasteiger partial charge in [-0.3, -0.25) is 0 Å². The van der Waals surface area contributed by atoms with Crippen LogP contribution in [0.15, 0.2) is 188 Å². The molecule has 2 aromatic heterocycles. The monoisotopic (exact) mass is 1280 g/mol. The number of hydrogen-bond donors (Lipinski definition) is 0. The Morgan fingerprint density at radius 1 is 0.333 bits per heavy atom. The van der Waals surface area contributed by atoms with Gasteiger partial charge in [0.2, 0.25) is 0 Å². The molecule has 0 atom stereocenters. The topological polar surface area (TPSA) is 9.86 Å². The number of fused-ring (bicyclic) bond motifs is 20. The minimum Gasteiger partial charge on any atom is -0.310 e. The maximum atomic E-state index is 2.76. The summed E-state index contributed by atoms with van der Waals surface area (Å²) in [7, 11) is 0. The number of aryl methyl sites for hydroxylation is 1. The Balaban J connectivity index is 1.01. The van der Waals surface area contributed by atoms with E-state index in [1.165, 1.54) is 225 Å². The number of aromatic nitrogens is 2. The third-order valence-electron chi connectivity index (χ3n) is 26.0. The molecule has 99 heavy (non-hydrogen) atoms. The van der Waals surface area contributed by atoms with Gasteiger partial charge in [-0.2, -0.15) is 0 Å². The second kappa shape index (κ2) is 20.2. The van der Waals surface area contributed by atoms with Gasteiger partial charge < -0.3 is 9.13 Å². The maximum absolute atomic E-state index is 2.76. The Morgan fingerprint density at radius 2 is 0.828 bits per heavy atom. The first-order valence-electron chi connectivity index (χ1n) is 37.3. The molecule has 490 valence electrons. The van der Waals surface area contributed by atoms with Crippen LogP contribution in [0.5, 0.6) is 0 Å². The quantitative estimate of drug-likeness (QED) is 0.123. The lowest BCUT2D eigenvalue weighted by Gasteiger charge is -2.42. The number of hydrogen-bond acceptors (Lipinski definition) is 0. The molecule has 2 nitrogen and oxygen atoms in total. The highest BCUT2D eigenvalue weighted by atomic mass is 15.0. The van der Waals surface area contributed by atoms with Crippen LogP contribution in [0.4, 0.5) is 0 Å². The Hall–Kier alpha value is -8.92. The van der Waals surface area contributed by atoms with Crippen molar-refractivity contribution in [3.63, 3.8) is 0 Å². The molecule has 0 amide bonds. The zero-order chi connectivity index (χ0) is 68.3. The lowest BCUT2D eigenvalue weighted by atomic mass is 9.34. The van der Waals surface area contributed by atoms with Crippen molar-refractivity contribution >= 4 is 99.0 Å². The molecule has 0 N–H and O–H groups in total. The summed E-state index contributed by atoms with van der Waals surface area (Å²) in [5.74, 6) is 0. The molecule has 0 saturated carbocycles. The van der Waals surface area contributed by atoms with E-state index in [0.29, 0.717) is 0 Å². The first-order chi connectivity index (χ1) is 47.1. The number of benzene rings is 12. The third kappa shape index (κ3) is 8.67. The largest absolute Gasteiger partial charge is 0.310 e. The van der Waals surface area contributed by atoms with E-state index in [1.807, 2.05) is 0 Å². The summed E-state index contributed by atoms with van der Waals surface area (Å²) in [4.78, 5) is 0. The molecule has 3 heteroatoms. The Bertz CT molecular complexity index is 5910. The van der Waals surface area contributed by atoms with Crippen LogP contribution in [0.3, 0.4) is 0 Å². The van der Waals surface area contributed by atoms with E-state index >= 15 is 0 Å². The van der Waals surface area contributed by atoms with E-state index in [2.05, 4.69) is 308 Å². The summed E-state index contributed by atoms with van der Waals surface area (Å²) in [5.41, 5.74) is 34.0. The predicted octanol–water partition coefficient (Wildman–Crippen LogP) is 24.1. The van der Waals surface area contributed by atoms with Gasteiger partial charge in [0.25, 0.3) is 6.71 Å². The van der Waals surface area contributed by atoms with Crippen LogP contribution in [0, 0.1) is 0 Å². The van der Waals surface area contributed by atoms with Gasteiger partial charge >= 0.3 is 0 Å². The van der Waals surface area contributed by atoms with Gasteiger partial charge in [-0.1, -0.05) is 250 Å². The molecular weight excluding hydrogens is 1190 g/mol. The van der Waals surface area contributed by atoms with Crippen molar-refractivity contribution in [2.24, 2.45) is 0 Å². The summed E-state index contributed by atoms with van der Waals surface area (Å²) in [6.45, 7) is 39.1. The smallest absolute Gasteiger partial charge is 0.252 e. The van der Waals surface area contributed by atoms with E-state index in [0.717, 1.165) is 12.8 Å². The standard InChI is InChI=1S/C96H93BN2/c1-90(2,3)61-33-38-80-71(52-61)72-53-62(91(4,5)6)54-79-89(72)98(80)82-50-60(51-83-87(82)97(79)78-29-21-28-68-86-81(99(83)88(68)78)39-34-67-65-26-18-17-24-63(65)64-25-19-20-27-66(64)85(67)86)84-69(56-31-35-73-58(45-56)23-22-40-92(73,7)8)46-59(55-30-36-74-76(48-55)95(13,14)43-41-93(74,9)10)47-70(84)57-32-37-75-77(49-57)96(15,16)44-42-94(75,11)12/h17-21,24-39,45-54H,22-23,40-44H2,1-16H3. The maximum Gasteiger partial charge on any atom is 0.252 e. The highest BCUT2D eigenvalue weighted by Gasteiger charge is 2.44. The summed E-state index contributed by atoms with van der Waals surface area (Å²) >= 11 is 0. The lowest BCUT2D eigenvalue weighted by molar-refractivity contribution is 0.332. The van der Waals surface area contributed by atoms with E-state index in [9.17, 15) is 0 Å². The van der Waals surface area contributed by atoms with Gasteiger partial charge in [-0.05, 0) is 264 Å². The van der Waals surface area contributed by atoms with E-state index in [-0.39, 0.29) is 44.6 Å². The summed E-state index contributed by atoms with van der Waals surface area (Å²) < 4.78 is 5.51. The molecule has 4 heterocycles. The molecular formula is C96H93BN2. The fourth-order valence-electron chi connectivity index (χ4n) is 20.1. The second-order valence-electron chi connectivity index (χ2n) is 36.6. The molecule has 0 radical (unpaired) electrons. The normalized spacial score (nSPS) is 17.6. The van der Waals surface area contributed by atoms with Crippen molar-refractivity contribution in [2.75, 3.05) is 0 Å². The van der Waals surface area contributed by atoms with Crippen LogP contribution < -0.4 is 16.4 Å². The van der Waals surface area contributed by atoms with Gasteiger partial charge in [-0.15, -0.1) is 0 Å². The average Bonchev–Trinajstić information content (AvgIpc) is 1.54. The Labute approximate surface area is 586 Å². The van der Waals surface area contributed by atoms with Crippen LogP contribution in [0.2, 0.25) is 0 Å². The van der Waals surface area contributed by atoms with Crippen molar-refractivity contribution in [3.05, 3.63) is 233 Å². The third-order valence-corrected chi connectivity index (χ3v) is 26.0. The Kier molecular flexibility index (Phi) is 12.5. The van der Waals surface area contributed by atoms with Gasteiger partial charge in [-0.25, -0.2) is 0 Å². The van der Waals surface area contributed by atoms with Gasteiger partial charge in [0.1, 0.15) is 0 Å². The molecule has 3 aliphatic carbocycles. The highest BCUT2D eigenvalue weighted by Crippen LogP contribution is 2.54. The van der Waals surface area contributed by atoms with Crippen LogP contribution in [0.25, 0.3) is 132 Å². The van der Waals surface area contributed by atoms with Gasteiger partial charge in [0.15, 0.2) is 0 Å². The van der Waals surface area contributed by atoms with Gasteiger partial charge in [0.05, 0.1) is 11.0 Å². The molecule has 2 aliphatic heterocycles. The first-order valence-corrected chi connectivity index (χ1v) is 37.3. The Morgan fingerprint density at radius 3 is 1.45 bits per heavy atom. The second-order valence-corrected chi connectivity index (χ2v) is 36.6. The van der Waals surface area contributed by atoms with Crippen molar-refractivity contribution in [3.8, 4) is 55.9 Å². The molecule has 12 aromatic carbocycles. The lowest BCUT2D eigenvalue weighted by Crippen LogP contribution is -2.59. The molecule has 0 spiro atoms. The highest BCUT2D eigenvalue weighted by molar-refractivity contribution is 7.00. The molecule has 5 aliphatic rings. The fourth-order valence-corrected chi connectivity index (χ4v) is 20.1. The van der Waals surface area contributed by atoms with Crippen LogP contribution >= 0.6 is 0 Å². The minimum atomic E-state index is -0.106. The summed E-state index contributed by atoms with van der Waals surface area (Å²) in [6, 6.07) is 77.0. The van der Waals surface area contributed by atoms with Crippen LogP contribution in [0.1, 0.15) is 194 Å². The number of para-hydroxylation sites is 1. The van der Waals surface area contributed by atoms with Crippen molar-refractivity contribution in [1.29, 1.82) is 0 Å². The van der Waals surface area contributed by atoms with Crippen molar-refractivity contribution < 1.29 is 0 Å². The van der Waals surface area contributed by atoms with E-state index in [1.54, 1.807) is 0 Å². The molecule has 14 aromatic rings. The SMILES string of the molecule is CC(C)(C)c1ccc2c(c1)c1cc(C(C)(C)C)cc3c1n2-c1cc(-c2c(-c4ccc5c(c4)CCCC5(C)C)cc(-c4ccc5c(c4)C(C)(C)CCC5(C)C)cc2-c2ccc4c(c2)C(C)(C)CCC4(C)C)cc2c1B3c1cccc3c4c5c6ccccc6c6ccccc6c5ccc4n-2c13.